The third-order valence-electron chi connectivity index (χ3n) is 3.14. The van der Waals surface area contributed by atoms with Crippen LogP contribution in [0.1, 0.15) is 10.4 Å². The van der Waals surface area contributed by atoms with Crippen molar-refractivity contribution in [3.63, 3.8) is 0 Å². The Bertz CT molecular complexity index is 1040. The Labute approximate surface area is 149 Å². The fraction of sp³-hybridized carbons (Fsp3) is 0. The monoisotopic (exact) mass is 384 g/mol. The highest BCUT2D eigenvalue weighted by molar-refractivity contribution is 6.39. The lowest BCUT2D eigenvalue weighted by molar-refractivity contribution is 0.0949. The van der Waals surface area contributed by atoms with Gasteiger partial charge in [-0.2, -0.15) is 4.57 Å². The molecule has 0 amide bonds. The molecule has 0 aliphatic heterocycles. The van der Waals surface area contributed by atoms with E-state index in [9.17, 15) is 14.4 Å². The van der Waals surface area contributed by atoms with Gasteiger partial charge in [-0.25, -0.2) is 9.59 Å². The molecule has 1 aromatic heterocycles. The van der Waals surface area contributed by atoms with Crippen molar-refractivity contribution in [1.29, 1.82) is 0 Å². The first-order valence-electron chi connectivity index (χ1n) is 6.50. The summed E-state index contributed by atoms with van der Waals surface area (Å²) in [5.74, 6) is -2.15. The highest BCUT2D eigenvalue weighted by atomic mass is 35.5. The summed E-state index contributed by atoms with van der Waals surface area (Å²) in [6, 6.07) is 10.4. The molecule has 24 heavy (non-hydrogen) atoms. The van der Waals surface area contributed by atoms with Crippen molar-refractivity contribution in [2.24, 2.45) is 0 Å². The molecule has 3 rings (SSSR count). The average Bonchev–Trinajstić information content (AvgIpc) is 2.82. The second kappa shape index (κ2) is 6.32. The Morgan fingerprint density at radius 3 is 2.21 bits per heavy atom. The van der Waals surface area contributed by atoms with Gasteiger partial charge >= 0.3 is 11.4 Å². The summed E-state index contributed by atoms with van der Waals surface area (Å²) in [7, 11) is 0. The zero-order valence-electron chi connectivity index (χ0n) is 11.7. The average molecular weight is 386 g/mol. The van der Waals surface area contributed by atoms with Crippen LogP contribution in [0.25, 0.3) is 5.69 Å². The molecule has 0 radical (unpaired) electrons. The Balaban J connectivity index is 2.19. The lowest BCUT2D eigenvalue weighted by atomic mass is 10.2. The number of rotatable bonds is 2. The lowest BCUT2D eigenvalue weighted by Gasteiger charge is -2.03. The van der Waals surface area contributed by atoms with E-state index in [4.69, 9.17) is 39.3 Å². The van der Waals surface area contributed by atoms with E-state index in [0.717, 1.165) is 0 Å². The summed E-state index contributed by atoms with van der Waals surface area (Å²) < 4.78 is 5.83. The van der Waals surface area contributed by atoms with Crippen molar-refractivity contribution >= 4 is 40.7 Å². The third-order valence-corrected chi connectivity index (χ3v) is 4.00. The van der Waals surface area contributed by atoms with Gasteiger partial charge in [-0.3, -0.25) is 4.79 Å². The predicted octanol–water partition coefficient (Wildman–Crippen LogP) is 3.24. The van der Waals surface area contributed by atoms with Crippen LogP contribution in [0.15, 0.2) is 56.6 Å². The van der Waals surface area contributed by atoms with Crippen LogP contribution in [0.4, 0.5) is 0 Å². The Morgan fingerprint density at radius 2 is 1.58 bits per heavy atom. The van der Waals surface area contributed by atoms with E-state index in [0.29, 0.717) is 14.3 Å². The minimum absolute atomic E-state index is 0.00862. The van der Waals surface area contributed by atoms with Gasteiger partial charge < -0.3 is 4.52 Å². The number of benzene rings is 2. The van der Waals surface area contributed by atoms with Crippen LogP contribution in [0, 0.1) is 0 Å². The Morgan fingerprint density at radius 1 is 0.958 bits per heavy atom. The van der Waals surface area contributed by atoms with E-state index >= 15 is 0 Å². The number of halogens is 3. The summed E-state index contributed by atoms with van der Waals surface area (Å²) in [4.78, 5) is 36.9. The molecule has 1 heterocycles. The summed E-state index contributed by atoms with van der Waals surface area (Å²) in [5.41, 5.74) is -0.969. The predicted molar refractivity (Wildman–Crippen MR) is 89.8 cm³/mol. The van der Waals surface area contributed by atoms with Crippen molar-refractivity contribution in [3.8, 4) is 5.69 Å². The minimum Gasteiger partial charge on any atom is -0.311 e. The number of hydrogen-bond acceptors (Lipinski definition) is 4. The van der Waals surface area contributed by atoms with Crippen molar-refractivity contribution < 1.29 is 9.32 Å². The molecule has 0 N–H and O–H groups in total. The van der Waals surface area contributed by atoms with Crippen LogP contribution in [0.5, 0.6) is 0 Å². The lowest BCUT2D eigenvalue weighted by Crippen LogP contribution is -2.35. The van der Waals surface area contributed by atoms with E-state index in [1.807, 2.05) is 0 Å². The molecule has 9 heteroatoms. The quantitative estimate of drug-likeness (QED) is 0.679. The first-order chi connectivity index (χ1) is 11.4. The summed E-state index contributed by atoms with van der Waals surface area (Å²) >= 11 is 17.7. The van der Waals surface area contributed by atoms with Crippen LogP contribution in [-0.4, -0.2) is 15.2 Å². The smallest absolute Gasteiger partial charge is 0.311 e. The maximum Gasteiger partial charge on any atom is 0.450 e. The molecule has 0 fully saturated rings. The first-order valence-corrected chi connectivity index (χ1v) is 7.63. The van der Waals surface area contributed by atoms with E-state index in [1.165, 1.54) is 30.3 Å². The summed E-state index contributed by atoms with van der Waals surface area (Å²) in [5, 5.41) is 0.346. The first kappa shape index (κ1) is 16.6. The SMILES string of the molecule is O=C(c1c(Cl)cccc1Cl)n1c(=O)on(-c2cccc(Cl)c2)c1=O. The van der Waals surface area contributed by atoms with Crippen molar-refractivity contribution in [2.75, 3.05) is 0 Å². The molecule has 0 spiro atoms. The number of carbonyl (C=O) groups is 1. The Kier molecular flexibility index (Phi) is 4.36. The summed E-state index contributed by atoms with van der Waals surface area (Å²) in [6.07, 6.45) is 0. The third kappa shape index (κ3) is 2.80. The van der Waals surface area contributed by atoms with E-state index in [1.54, 1.807) is 12.1 Å². The molecule has 3 aromatic rings. The van der Waals surface area contributed by atoms with Gasteiger partial charge in [0.1, 0.15) is 0 Å². The molecule has 0 saturated heterocycles. The van der Waals surface area contributed by atoms with Gasteiger partial charge in [0.25, 0.3) is 5.91 Å². The summed E-state index contributed by atoms with van der Waals surface area (Å²) in [6.45, 7) is 0. The zero-order chi connectivity index (χ0) is 17.4. The fourth-order valence-electron chi connectivity index (χ4n) is 2.08. The van der Waals surface area contributed by atoms with E-state index < -0.39 is 17.4 Å². The van der Waals surface area contributed by atoms with Gasteiger partial charge in [0.05, 0.1) is 21.3 Å². The molecular weight excluding hydrogens is 379 g/mol. The number of aromatic nitrogens is 2. The van der Waals surface area contributed by atoms with Crippen molar-refractivity contribution in [3.05, 3.63) is 84.1 Å². The van der Waals surface area contributed by atoms with Crippen LogP contribution < -0.4 is 11.4 Å². The van der Waals surface area contributed by atoms with Crippen LogP contribution in [-0.2, 0) is 0 Å². The maximum absolute atomic E-state index is 12.5. The highest BCUT2D eigenvalue weighted by Gasteiger charge is 2.24. The molecule has 0 saturated carbocycles. The molecule has 0 aliphatic rings. The molecule has 0 bridgehead atoms. The molecular formula is C15H7Cl3N2O4. The molecule has 2 aromatic carbocycles. The minimum atomic E-state index is -1.17. The molecule has 0 unspecified atom stereocenters. The molecule has 6 nitrogen and oxygen atoms in total. The van der Waals surface area contributed by atoms with Gasteiger partial charge in [-0.15, -0.1) is 4.74 Å². The van der Waals surface area contributed by atoms with Crippen LogP contribution >= 0.6 is 34.8 Å². The van der Waals surface area contributed by atoms with Crippen LogP contribution in [0.3, 0.4) is 0 Å². The molecule has 0 aliphatic carbocycles. The highest BCUT2D eigenvalue weighted by Crippen LogP contribution is 2.24. The zero-order valence-corrected chi connectivity index (χ0v) is 14.0. The number of hydrogen-bond donors (Lipinski definition) is 0. The second-order valence-corrected chi connectivity index (χ2v) is 5.90. The molecule has 0 atom stereocenters. The number of carbonyl (C=O) groups excluding carboxylic acids is 1. The second-order valence-electron chi connectivity index (χ2n) is 4.65. The van der Waals surface area contributed by atoms with Crippen LogP contribution in [0.2, 0.25) is 15.1 Å². The van der Waals surface area contributed by atoms with Gasteiger partial charge in [0.2, 0.25) is 0 Å². The van der Waals surface area contributed by atoms with Gasteiger partial charge in [-0.1, -0.05) is 46.9 Å². The largest absolute Gasteiger partial charge is 0.450 e. The normalized spacial score (nSPS) is 10.8. The van der Waals surface area contributed by atoms with Crippen molar-refractivity contribution in [1.82, 2.24) is 9.31 Å². The van der Waals surface area contributed by atoms with E-state index in [2.05, 4.69) is 0 Å². The maximum atomic E-state index is 12.5. The van der Waals surface area contributed by atoms with Gasteiger partial charge in [0.15, 0.2) is 0 Å². The molecule has 122 valence electrons. The Hall–Kier alpha value is -2.28. The fourth-order valence-corrected chi connectivity index (χ4v) is 2.82. The van der Waals surface area contributed by atoms with Gasteiger partial charge in [0, 0.05) is 5.02 Å². The van der Waals surface area contributed by atoms with E-state index in [-0.39, 0.29) is 21.3 Å². The standard InChI is InChI=1S/C15H7Cl3N2O4/c16-8-3-1-4-9(7-8)20-14(22)19(15(23)24-20)13(21)12-10(17)5-2-6-11(12)18/h1-7H. The van der Waals surface area contributed by atoms with Gasteiger partial charge in [-0.05, 0) is 30.3 Å². The topological polar surface area (TPSA) is 74.2 Å². The number of nitrogens with zero attached hydrogens (tertiary/aromatic N) is 2. The van der Waals surface area contributed by atoms with Crippen molar-refractivity contribution in [2.45, 2.75) is 0 Å².